The number of ether oxygens (including phenoxy) is 1. The van der Waals surface area contributed by atoms with E-state index in [-0.39, 0.29) is 0 Å². The Labute approximate surface area is 210 Å². The smallest absolute Gasteiger partial charge is 0.495 e. The summed E-state index contributed by atoms with van der Waals surface area (Å²) in [4.78, 5) is 3.25. The van der Waals surface area contributed by atoms with Gasteiger partial charge in [0.05, 0.1) is 28.3 Å². The first-order valence-electron chi connectivity index (χ1n) is 12.8. The zero-order valence-corrected chi connectivity index (χ0v) is 23.1. The lowest BCUT2D eigenvalue weighted by Crippen LogP contribution is -2.45. The Morgan fingerprint density at radius 3 is 2.54 bits per heavy atom. The molecule has 1 aliphatic carbocycles. The van der Waals surface area contributed by atoms with Crippen molar-refractivity contribution in [3.8, 4) is 0 Å². The van der Waals surface area contributed by atoms with Crippen LogP contribution in [0.3, 0.4) is 0 Å². The zero-order valence-electron chi connectivity index (χ0n) is 22.2. The average Bonchev–Trinajstić information content (AvgIpc) is 3.39. The molecule has 2 fully saturated rings. The lowest BCUT2D eigenvalue weighted by Gasteiger charge is -2.37. The maximum absolute atomic E-state index is 12.8. The molecule has 192 valence electrons. The average molecular weight is 501 g/mol. The molecule has 1 N–H and O–H groups in total. The van der Waals surface area contributed by atoms with Crippen molar-refractivity contribution in [1.29, 1.82) is 0 Å². The van der Waals surface area contributed by atoms with Gasteiger partial charge in [0.1, 0.15) is 0 Å². The predicted octanol–water partition coefficient (Wildman–Crippen LogP) is 5.14. The number of benzene rings is 1. The number of sulfone groups is 1. The van der Waals surface area contributed by atoms with Crippen LogP contribution in [0.5, 0.6) is 0 Å². The van der Waals surface area contributed by atoms with Gasteiger partial charge in [-0.05, 0) is 87.9 Å². The number of hydrogen-bond acceptors (Lipinski definition) is 5. The number of fused-ring (bicyclic) bond motifs is 1. The summed E-state index contributed by atoms with van der Waals surface area (Å²) in [7, 11) is -3.75. The van der Waals surface area contributed by atoms with Crippen LogP contribution >= 0.6 is 0 Å². The quantitative estimate of drug-likeness (QED) is 0.360. The Kier molecular flexibility index (Phi) is 6.97. The first-order valence-corrected chi connectivity index (χ1v) is 14.7. The fraction of sp³-hybridized carbons (Fsp3) is 0.630. The van der Waals surface area contributed by atoms with Crippen LogP contribution in [0, 0.1) is 5.92 Å². The van der Waals surface area contributed by atoms with Crippen LogP contribution in [-0.2, 0) is 23.9 Å². The number of aromatic amines is 1. The number of rotatable bonds is 10. The third-order valence-electron chi connectivity index (χ3n) is 8.45. The van der Waals surface area contributed by atoms with Crippen molar-refractivity contribution in [3.63, 3.8) is 0 Å². The van der Waals surface area contributed by atoms with Crippen molar-refractivity contribution in [2.75, 3.05) is 12.9 Å². The molecule has 0 amide bonds. The largest absolute Gasteiger partial charge is 0.498 e. The van der Waals surface area contributed by atoms with Crippen LogP contribution in [0.25, 0.3) is 10.9 Å². The normalized spacial score (nSPS) is 24.9. The molecule has 1 saturated heterocycles. The van der Waals surface area contributed by atoms with Crippen LogP contribution < -0.4 is 5.46 Å². The molecule has 1 saturated carbocycles. The van der Waals surface area contributed by atoms with E-state index < -0.39 is 32.9 Å². The zero-order chi connectivity index (χ0) is 25.6. The molecule has 2 unspecified atom stereocenters. The summed E-state index contributed by atoms with van der Waals surface area (Å²) >= 11 is 0. The Morgan fingerprint density at radius 1 is 1.20 bits per heavy atom. The summed E-state index contributed by atoms with van der Waals surface area (Å²) in [5.41, 5.74) is 1.78. The van der Waals surface area contributed by atoms with Gasteiger partial charge in [-0.25, -0.2) is 8.42 Å². The van der Waals surface area contributed by atoms with Crippen LogP contribution in [-0.4, -0.2) is 49.3 Å². The van der Waals surface area contributed by atoms with Gasteiger partial charge in [0.15, 0.2) is 9.84 Å². The van der Waals surface area contributed by atoms with Gasteiger partial charge in [0.25, 0.3) is 0 Å². The molecule has 2 aromatic rings. The van der Waals surface area contributed by atoms with Gasteiger partial charge in [-0.2, -0.15) is 0 Å². The number of hydrogen-bond donors (Lipinski definition) is 1. The maximum Gasteiger partial charge on any atom is 0.495 e. The minimum Gasteiger partial charge on any atom is -0.498 e. The molecule has 8 heteroatoms. The third-order valence-corrected chi connectivity index (χ3v) is 10.5. The van der Waals surface area contributed by atoms with Crippen LogP contribution in [0.4, 0.5) is 0 Å². The first kappa shape index (κ1) is 26.3. The number of nitrogens with one attached hydrogen (secondary N) is 1. The monoisotopic (exact) mass is 501 g/mol. The Morgan fingerprint density at radius 2 is 1.91 bits per heavy atom. The number of allylic oxidation sites excluding steroid dienone is 1. The van der Waals surface area contributed by atoms with Gasteiger partial charge in [0, 0.05) is 18.0 Å². The van der Waals surface area contributed by atoms with Crippen LogP contribution in [0.2, 0.25) is 0 Å². The topological polar surface area (TPSA) is 77.6 Å². The molecular formula is C27H40BNO5S. The second-order valence-corrected chi connectivity index (χ2v) is 13.5. The summed E-state index contributed by atoms with van der Waals surface area (Å²) < 4.78 is 44.2. The summed E-state index contributed by atoms with van der Waals surface area (Å²) in [6.45, 7) is 13.0. The summed E-state index contributed by atoms with van der Waals surface area (Å²) in [5, 5.41) is 1.08. The van der Waals surface area contributed by atoms with E-state index in [2.05, 4.69) is 39.6 Å². The summed E-state index contributed by atoms with van der Waals surface area (Å²) in [5.74, 6) is 1.17. The minimum atomic E-state index is -3.26. The molecule has 0 radical (unpaired) electrons. The highest BCUT2D eigenvalue weighted by Crippen LogP contribution is 2.53. The standard InChI is InChI=1S/C27H40BNO5S/c1-8-19(2)18-32-20(3)22(27(15-16-27)35(7,30)31)12-14-26(6)25(4,5)33-28(34-26)23-10-9-11-24-21(23)13-17-29-24/h9-11,13,17,19,29H,8,12,14-16,18H2,1-7H3. The van der Waals surface area contributed by atoms with Gasteiger partial charge in [-0.3, -0.25) is 0 Å². The van der Waals surface area contributed by atoms with Crippen molar-refractivity contribution in [3.05, 3.63) is 41.8 Å². The molecule has 0 spiro atoms. The second-order valence-electron chi connectivity index (χ2n) is 11.2. The van der Waals surface area contributed by atoms with E-state index in [1.165, 1.54) is 6.26 Å². The molecule has 35 heavy (non-hydrogen) atoms. The molecule has 1 aromatic heterocycles. The summed E-state index contributed by atoms with van der Waals surface area (Å²) in [6, 6.07) is 8.13. The number of H-pyrrole nitrogens is 1. The van der Waals surface area contributed by atoms with E-state index >= 15 is 0 Å². The first-order chi connectivity index (χ1) is 16.3. The van der Waals surface area contributed by atoms with E-state index in [1.54, 1.807) is 0 Å². The fourth-order valence-corrected chi connectivity index (χ4v) is 6.70. The molecule has 1 aliphatic heterocycles. The molecular weight excluding hydrogens is 461 g/mol. The highest BCUT2D eigenvalue weighted by Gasteiger charge is 2.58. The lowest BCUT2D eigenvalue weighted by molar-refractivity contribution is -0.0156. The van der Waals surface area contributed by atoms with Crippen molar-refractivity contribution in [1.82, 2.24) is 4.98 Å². The van der Waals surface area contributed by atoms with Gasteiger partial charge >= 0.3 is 7.12 Å². The van der Waals surface area contributed by atoms with E-state index in [1.807, 2.05) is 37.4 Å². The van der Waals surface area contributed by atoms with Crippen molar-refractivity contribution in [2.45, 2.75) is 89.6 Å². The minimum absolute atomic E-state index is 0.416. The Bertz CT molecular complexity index is 1210. The molecule has 0 bridgehead atoms. The van der Waals surface area contributed by atoms with E-state index in [4.69, 9.17) is 14.0 Å². The third kappa shape index (κ3) is 4.81. The van der Waals surface area contributed by atoms with E-state index in [0.717, 1.165) is 34.1 Å². The SMILES string of the molecule is CCC(C)COC(C)=C(CCC1(C)OB(c2cccc3[nH]ccc23)OC1(C)C)C1(S(C)(=O)=O)CC1. The van der Waals surface area contributed by atoms with Gasteiger partial charge in [-0.15, -0.1) is 0 Å². The number of aromatic nitrogens is 1. The molecule has 2 atom stereocenters. The predicted molar refractivity (Wildman–Crippen MR) is 142 cm³/mol. The summed E-state index contributed by atoms with van der Waals surface area (Å²) in [6.07, 6.45) is 6.83. The Hall–Kier alpha value is -1.77. The van der Waals surface area contributed by atoms with Gasteiger partial charge in [-0.1, -0.05) is 32.4 Å². The van der Waals surface area contributed by atoms with Crippen molar-refractivity contribution < 1.29 is 22.5 Å². The van der Waals surface area contributed by atoms with Crippen molar-refractivity contribution in [2.24, 2.45) is 5.92 Å². The molecule has 2 aliphatic rings. The maximum atomic E-state index is 12.8. The highest BCUT2D eigenvalue weighted by molar-refractivity contribution is 7.92. The van der Waals surface area contributed by atoms with Crippen LogP contribution in [0.15, 0.2) is 41.8 Å². The van der Waals surface area contributed by atoms with Crippen molar-refractivity contribution >= 4 is 33.3 Å². The van der Waals surface area contributed by atoms with E-state index in [0.29, 0.717) is 38.2 Å². The van der Waals surface area contributed by atoms with Gasteiger partial charge < -0.3 is 19.0 Å². The fourth-order valence-electron chi connectivity index (χ4n) is 5.17. The molecule has 1 aromatic carbocycles. The molecule has 4 rings (SSSR count). The highest BCUT2D eigenvalue weighted by atomic mass is 32.2. The van der Waals surface area contributed by atoms with E-state index in [9.17, 15) is 8.42 Å². The van der Waals surface area contributed by atoms with Crippen LogP contribution in [0.1, 0.15) is 73.6 Å². The molecule has 2 heterocycles. The lowest BCUT2D eigenvalue weighted by atomic mass is 9.77. The second kappa shape index (κ2) is 9.27. The molecule has 6 nitrogen and oxygen atoms in total. The van der Waals surface area contributed by atoms with Gasteiger partial charge in [0.2, 0.25) is 0 Å². The Balaban J connectivity index is 1.60.